The molecule has 3 rings (SSSR count). The lowest BCUT2D eigenvalue weighted by atomic mass is 10.0. The Balaban J connectivity index is 2.26. The summed E-state index contributed by atoms with van der Waals surface area (Å²) < 4.78 is 3.75. The van der Waals surface area contributed by atoms with Crippen molar-refractivity contribution in [3.05, 3.63) is 58.9 Å². The molecular formula is C13H9NOS. The fourth-order valence-corrected chi connectivity index (χ4v) is 2.47. The van der Waals surface area contributed by atoms with Crippen molar-refractivity contribution in [1.29, 1.82) is 0 Å². The van der Waals surface area contributed by atoms with Crippen molar-refractivity contribution in [1.82, 2.24) is 4.37 Å². The SMILES string of the molecule is O=c1[nH]sc2ccc(-c3ccccc3)cc12. The van der Waals surface area contributed by atoms with Gasteiger partial charge in [-0.1, -0.05) is 47.9 Å². The van der Waals surface area contributed by atoms with Gasteiger partial charge in [0.25, 0.3) is 5.56 Å². The Morgan fingerprint density at radius 2 is 1.75 bits per heavy atom. The van der Waals surface area contributed by atoms with Crippen molar-refractivity contribution in [3.63, 3.8) is 0 Å². The molecule has 0 bridgehead atoms. The number of H-pyrrole nitrogens is 1. The van der Waals surface area contributed by atoms with Crippen LogP contribution in [-0.4, -0.2) is 4.37 Å². The molecule has 1 N–H and O–H groups in total. The van der Waals surface area contributed by atoms with Crippen molar-refractivity contribution in [3.8, 4) is 11.1 Å². The van der Waals surface area contributed by atoms with Crippen molar-refractivity contribution < 1.29 is 0 Å². The molecule has 0 aliphatic heterocycles. The second kappa shape index (κ2) is 3.61. The molecule has 0 fully saturated rings. The molecule has 78 valence electrons. The van der Waals surface area contributed by atoms with E-state index in [1.54, 1.807) is 0 Å². The van der Waals surface area contributed by atoms with Gasteiger partial charge in [0.05, 0.1) is 10.1 Å². The highest BCUT2D eigenvalue weighted by molar-refractivity contribution is 7.13. The number of benzene rings is 2. The van der Waals surface area contributed by atoms with Gasteiger partial charge < -0.3 is 0 Å². The maximum absolute atomic E-state index is 11.5. The summed E-state index contributed by atoms with van der Waals surface area (Å²) in [7, 11) is 0. The number of hydrogen-bond donors (Lipinski definition) is 1. The molecule has 0 spiro atoms. The summed E-state index contributed by atoms with van der Waals surface area (Å²) in [6.07, 6.45) is 0. The predicted octanol–water partition coefficient (Wildman–Crippen LogP) is 3.26. The van der Waals surface area contributed by atoms with Crippen LogP contribution in [0, 0.1) is 0 Å². The van der Waals surface area contributed by atoms with E-state index in [9.17, 15) is 4.79 Å². The van der Waals surface area contributed by atoms with Crippen molar-refractivity contribution in [2.75, 3.05) is 0 Å². The number of fused-ring (bicyclic) bond motifs is 1. The van der Waals surface area contributed by atoms with E-state index in [2.05, 4.69) is 4.37 Å². The Morgan fingerprint density at radius 3 is 2.56 bits per heavy atom. The number of rotatable bonds is 1. The molecule has 0 aliphatic rings. The normalized spacial score (nSPS) is 10.8. The maximum Gasteiger partial charge on any atom is 0.265 e. The van der Waals surface area contributed by atoms with Gasteiger partial charge in [0, 0.05) is 0 Å². The fourth-order valence-electron chi connectivity index (χ4n) is 1.76. The van der Waals surface area contributed by atoms with Crippen LogP contribution >= 0.6 is 11.5 Å². The highest BCUT2D eigenvalue weighted by Gasteiger charge is 2.03. The van der Waals surface area contributed by atoms with E-state index in [-0.39, 0.29) is 5.56 Å². The molecule has 2 aromatic carbocycles. The third-order valence-corrected chi connectivity index (χ3v) is 3.45. The minimum Gasteiger partial charge on any atom is -0.277 e. The van der Waals surface area contributed by atoms with Gasteiger partial charge in [-0.25, -0.2) is 0 Å². The highest BCUT2D eigenvalue weighted by Crippen LogP contribution is 2.23. The number of aromatic nitrogens is 1. The van der Waals surface area contributed by atoms with E-state index in [4.69, 9.17) is 0 Å². The number of aromatic amines is 1. The zero-order valence-corrected chi connectivity index (χ0v) is 9.25. The summed E-state index contributed by atoms with van der Waals surface area (Å²) in [5.74, 6) is 0. The number of nitrogens with one attached hydrogen (secondary N) is 1. The summed E-state index contributed by atoms with van der Waals surface area (Å²) in [5, 5.41) is 0.770. The van der Waals surface area contributed by atoms with Gasteiger partial charge in [-0.3, -0.25) is 9.17 Å². The lowest BCUT2D eigenvalue weighted by Gasteiger charge is -2.00. The van der Waals surface area contributed by atoms with E-state index in [1.165, 1.54) is 11.5 Å². The molecule has 0 unspecified atom stereocenters. The summed E-state index contributed by atoms with van der Waals surface area (Å²) in [6, 6.07) is 16.0. The first-order chi connectivity index (χ1) is 7.84. The Labute approximate surface area is 96.3 Å². The quantitative estimate of drug-likeness (QED) is 0.680. The minimum atomic E-state index is -0.00205. The van der Waals surface area contributed by atoms with Crippen molar-refractivity contribution in [2.45, 2.75) is 0 Å². The standard InChI is InChI=1S/C13H9NOS/c15-13-11-8-10(6-7-12(11)16-14-13)9-4-2-1-3-5-9/h1-8H,(H,14,15). The average Bonchev–Trinajstić information content (AvgIpc) is 2.72. The first-order valence-electron chi connectivity index (χ1n) is 5.01. The highest BCUT2D eigenvalue weighted by atomic mass is 32.1. The molecule has 2 nitrogen and oxygen atoms in total. The van der Waals surface area contributed by atoms with E-state index < -0.39 is 0 Å². The van der Waals surface area contributed by atoms with Crippen molar-refractivity contribution >= 4 is 21.6 Å². The molecule has 3 aromatic rings. The molecular weight excluding hydrogens is 218 g/mol. The topological polar surface area (TPSA) is 32.9 Å². The predicted molar refractivity (Wildman–Crippen MR) is 67.9 cm³/mol. The molecule has 1 heterocycles. The van der Waals surface area contributed by atoms with Crippen LogP contribution in [0.3, 0.4) is 0 Å². The van der Waals surface area contributed by atoms with Gasteiger partial charge in [0.1, 0.15) is 0 Å². The molecule has 0 saturated heterocycles. The minimum absolute atomic E-state index is 0.00205. The van der Waals surface area contributed by atoms with Crippen LogP contribution in [0.4, 0.5) is 0 Å². The maximum atomic E-state index is 11.5. The molecule has 0 amide bonds. The van der Waals surface area contributed by atoms with Crippen LogP contribution in [0.15, 0.2) is 53.3 Å². The first kappa shape index (κ1) is 9.36. The number of hydrogen-bond acceptors (Lipinski definition) is 2. The van der Waals surface area contributed by atoms with Gasteiger partial charge in [0.15, 0.2) is 0 Å². The lowest BCUT2D eigenvalue weighted by molar-refractivity contribution is 1.46. The first-order valence-corrected chi connectivity index (χ1v) is 5.83. The van der Waals surface area contributed by atoms with Crippen molar-refractivity contribution in [2.24, 2.45) is 0 Å². The average molecular weight is 227 g/mol. The zero-order chi connectivity index (χ0) is 11.0. The molecule has 0 radical (unpaired) electrons. The summed E-state index contributed by atoms with van der Waals surface area (Å²) in [4.78, 5) is 11.5. The lowest BCUT2D eigenvalue weighted by Crippen LogP contribution is -1.95. The second-order valence-corrected chi connectivity index (χ2v) is 4.46. The van der Waals surface area contributed by atoms with Crippen LogP contribution in [0.25, 0.3) is 21.2 Å². The summed E-state index contributed by atoms with van der Waals surface area (Å²) >= 11 is 1.38. The monoisotopic (exact) mass is 227 g/mol. The van der Waals surface area contributed by atoms with Gasteiger partial charge in [0.2, 0.25) is 0 Å². The molecule has 1 aromatic heterocycles. The molecule has 0 atom stereocenters. The zero-order valence-electron chi connectivity index (χ0n) is 8.44. The molecule has 0 aliphatic carbocycles. The van der Waals surface area contributed by atoms with Gasteiger partial charge >= 0.3 is 0 Å². The third-order valence-electron chi connectivity index (χ3n) is 2.58. The van der Waals surface area contributed by atoms with E-state index >= 15 is 0 Å². The van der Waals surface area contributed by atoms with Crippen LogP contribution < -0.4 is 5.56 Å². The van der Waals surface area contributed by atoms with Crippen LogP contribution in [-0.2, 0) is 0 Å². The molecule has 3 heteroatoms. The second-order valence-electron chi connectivity index (χ2n) is 3.61. The molecule has 16 heavy (non-hydrogen) atoms. The Kier molecular flexibility index (Phi) is 2.11. The van der Waals surface area contributed by atoms with Crippen LogP contribution in [0.2, 0.25) is 0 Å². The van der Waals surface area contributed by atoms with E-state index in [1.807, 2.05) is 48.5 Å². The fraction of sp³-hybridized carbons (Fsp3) is 0. The van der Waals surface area contributed by atoms with E-state index in [0.29, 0.717) is 0 Å². The Morgan fingerprint density at radius 1 is 0.938 bits per heavy atom. The smallest absolute Gasteiger partial charge is 0.265 e. The van der Waals surface area contributed by atoms with Gasteiger partial charge in [-0.2, -0.15) is 0 Å². The van der Waals surface area contributed by atoms with Crippen LogP contribution in [0.5, 0.6) is 0 Å². The largest absolute Gasteiger partial charge is 0.277 e. The van der Waals surface area contributed by atoms with Gasteiger partial charge in [-0.15, -0.1) is 0 Å². The molecule has 0 saturated carbocycles. The summed E-state index contributed by atoms with van der Waals surface area (Å²) in [6.45, 7) is 0. The summed E-state index contributed by atoms with van der Waals surface area (Å²) in [5.41, 5.74) is 2.21. The van der Waals surface area contributed by atoms with Crippen LogP contribution in [0.1, 0.15) is 0 Å². The Hall–Kier alpha value is -1.87. The third kappa shape index (κ3) is 1.46. The van der Waals surface area contributed by atoms with Gasteiger partial charge in [-0.05, 0) is 23.3 Å². The Bertz CT molecular complexity index is 682. The van der Waals surface area contributed by atoms with E-state index in [0.717, 1.165) is 21.2 Å².